The third kappa shape index (κ3) is 0.986. The Balaban J connectivity index is 2.48. The second-order valence-electron chi connectivity index (χ2n) is 3.45. The van der Waals surface area contributed by atoms with E-state index in [1.807, 2.05) is 6.07 Å². The van der Waals surface area contributed by atoms with Crippen LogP contribution in [0.3, 0.4) is 0 Å². The molecule has 2 rings (SSSR count). The minimum absolute atomic E-state index is 0.142. The first-order chi connectivity index (χ1) is 5.68. The molecule has 1 nitrogen and oxygen atoms in total. The standard InChI is InChI=1S/C10H12FN/c1-6-7(2)12-10-4-3-8(11)5-9(6)10/h3-7,12H,1-2H3/t6-,7-/m1/s1. The van der Waals surface area contributed by atoms with E-state index in [1.165, 1.54) is 6.07 Å². The van der Waals surface area contributed by atoms with Crippen molar-refractivity contribution in [1.82, 2.24) is 0 Å². The topological polar surface area (TPSA) is 12.0 Å². The van der Waals surface area contributed by atoms with Crippen LogP contribution in [0.2, 0.25) is 0 Å². The molecule has 64 valence electrons. The summed E-state index contributed by atoms with van der Waals surface area (Å²) in [7, 11) is 0. The molecule has 1 N–H and O–H groups in total. The molecule has 0 fully saturated rings. The molecule has 1 heterocycles. The third-order valence-corrected chi connectivity index (χ3v) is 2.64. The normalized spacial score (nSPS) is 26.6. The molecular formula is C10H12FN. The van der Waals surface area contributed by atoms with Crippen molar-refractivity contribution in [2.24, 2.45) is 0 Å². The first-order valence-corrected chi connectivity index (χ1v) is 4.24. The summed E-state index contributed by atoms with van der Waals surface area (Å²) in [5, 5.41) is 3.31. The second-order valence-corrected chi connectivity index (χ2v) is 3.45. The first-order valence-electron chi connectivity index (χ1n) is 4.24. The number of nitrogens with one attached hydrogen (secondary N) is 1. The maximum Gasteiger partial charge on any atom is 0.123 e. The van der Waals surface area contributed by atoms with Gasteiger partial charge < -0.3 is 5.32 Å². The molecule has 1 aliphatic heterocycles. The van der Waals surface area contributed by atoms with E-state index in [2.05, 4.69) is 19.2 Å². The molecule has 0 aromatic heterocycles. The molecule has 2 heteroatoms. The highest BCUT2D eigenvalue weighted by Crippen LogP contribution is 2.35. The van der Waals surface area contributed by atoms with E-state index in [4.69, 9.17) is 0 Å². The molecule has 0 aliphatic carbocycles. The molecule has 0 saturated carbocycles. The van der Waals surface area contributed by atoms with Crippen LogP contribution in [0.25, 0.3) is 0 Å². The van der Waals surface area contributed by atoms with E-state index in [0.717, 1.165) is 11.3 Å². The summed E-state index contributed by atoms with van der Waals surface area (Å²) >= 11 is 0. The van der Waals surface area contributed by atoms with Crippen molar-refractivity contribution in [2.45, 2.75) is 25.8 Å². The van der Waals surface area contributed by atoms with Gasteiger partial charge in [-0.1, -0.05) is 6.92 Å². The van der Waals surface area contributed by atoms with Crippen LogP contribution in [0.5, 0.6) is 0 Å². The highest BCUT2D eigenvalue weighted by molar-refractivity contribution is 5.58. The smallest absolute Gasteiger partial charge is 0.123 e. The third-order valence-electron chi connectivity index (χ3n) is 2.64. The molecule has 0 spiro atoms. The lowest BCUT2D eigenvalue weighted by Crippen LogP contribution is -2.12. The van der Waals surface area contributed by atoms with Gasteiger partial charge in [0.05, 0.1) is 0 Å². The number of hydrogen-bond donors (Lipinski definition) is 1. The molecule has 2 atom stereocenters. The van der Waals surface area contributed by atoms with Gasteiger partial charge in [-0.25, -0.2) is 4.39 Å². The maximum atomic E-state index is 12.8. The van der Waals surface area contributed by atoms with Crippen LogP contribution in [0.1, 0.15) is 25.3 Å². The van der Waals surface area contributed by atoms with Gasteiger partial charge in [-0.15, -0.1) is 0 Å². The van der Waals surface area contributed by atoms with Crippen LogP contribution in [-0.2, 0) is 0 Å². The lowest BCUT2D eigenvalue weighted by atomic mass is 9.98. The minimum Gasteiger partial charge on any atom is -0.382 e. The summed E-state index contributed by atoms with van der Waals surface area (Å²) in [6, 6.07) is 5.35. The Morgan fingerprint density at radius 3 is 2.83 bits per heavy atom. The average Bonchev–Trinajstić information content (AvgIpc) is 2.31. The Bertz CT molecular complexity index is 309. The van der Waals surface area contributed by atoms with E-state index in [9.17, 15) is 4.39 Å². The van der Waals surface area contributed by atoms with Gasteiger partial charge in [-0.3, -0.25) is 0 Å². The lowest BCUT2D eigenvalue weighted by Gasteiger charge is -2.08. The number of hydrogen-bond acceptors (Lipinski definition) is 1. The number of benzene rings is 1. The summed E-state index contributed by atoms with van der Waals surface area (Å²) in [5.41, 5.74) is 2.18. The van der Waals surface area contributed by atoms with Crippen molar-refractivity contribution < 1.29 is 4.39 Å². The van der Waals surface area contributed by atoms with Gasteiger partial charge in [-0.05, 0) is 30.7 Å². The summed E-state index contributed by atoms with van der Waals surface area (Å²) in [4.78, 5) is 0. The Labute approximate surface area is 71.6 Å². The largest absolute Gasteiger partial charge is 0.382 e. The van der Waals surface area contributed by atoms with Crippen LogP contribution in [0.4, 0.5) is 10.1 Å². The van der Waals surface area contributed by atoms with E-state index in [0.29, 0.717) is 12.0 Å². The highest BCUT2D eigenvalue weighted by atomic mass is 19.1. The molecule has 0 bridgehead atoms. The predicted molar refractivity (Wildman–Crippen MR) is 47.9 cm³/mol. The molecular weight excluding hydrogens is 153 g/mol. The Hall–Kier alpha value is -1.05. The number of fused-ring (bicyclic) bond motifs is 1. The Morgan fingerprint density at radius 1 is 1.33 bits per heavy atom. The zero-order chi connectivity index (χ0) is 8.72. The van der Waals surface area contributed by atoms with Gasteiger partial charge in [0, 0.05) is 17.6 Å². The lowest BCUT2D eigenvalue weighted by molar-refractivity contribution is 0.621. The van der Waals surface area contributed by atoms with Gasteiger partial charge in [0.25, 0.3) is 0 Å². The predicted octanol–water partition coefficient (Wildman–Crippen LogP) is 2.74. The molecule has 1 aromatic rings. The van der Waals surface area contributed by atoms with Gasteiger partial charge in [-0.2, -0.15) is 0 Å². The average molecular weight is 165 g/mol. The van der Waals surface area contributed by atoms with Crippen molar-refractivity contribution >= 4 is 5.69 Å². The van der Waals surface area contributed by atoms with Crippen molar-refractivity contribution in [1.29, 1.82) is 0 Å². The van der Waals surface area contributed by atoms with Crippen molar-refractivity contribution in [3.8, 4) is 0 Å². The van der Waals surface area contributed by atoms with E-state index < -0.39 is 0 Å². The Kier molecular flexibility index (Phi) is 1.56. The van der Waals surface area contributed by atoms with E-state index in [1.54, 1.807) is 6.07 Å². The van der Waals surface area contributed by atoms with Crippen LogP contribution in [0, 0.1) is 5.82 Å². The second kappa shape index (κ2) is 2.47. The minimum atomic E-state index is -0.142. The number of anilines is 1. The van der Waals surface area contributed by atoms with Crippen molar-refractivity contribution in [3.63, 3.8) is 0 Å². The summed E-state index contributed by atoms with van der Waals surface area (Å²) in [6.07, 6.45) is 0. The van der Waals surface area contributed by atoms with Crippen LogP contribution in [-0.4, -0.2) is 6.04 Å². The van der Waals surface area contributed by atoms with E-state index >= 15 is 0 Å². The zero-order valence-corrected chi connectivity index (χ0v) is 7.26. The molecule has 1 aliphatic rings. The molecule has 0 unspecified atom stereocenters. The SMILES string of the molecule is C[C@H]1Nc2ccc(F)cc2[C@@H]1C. The fourth-order valence-corrected chi connectivity index (χ4v) is 1.68. The monoisotopic (exact) mass is 165 g/mol. The first kappa shape index (κ1) is 7.59. The molecule has 1 aromatic carbocycles. The van der Waals surface area contributed by atoms with Gasteiger partial charge in [0.15, 0.2) is 0 Å². The zero-order valence-electron chi connectivity index (χ0n) is 7.26. The number of rotatable bonds is 0. The molecule has 0 radical (unpaired) electrons. The van der Waals surface area contributed by atoms with Gasteiger partial charge >= 0.3 is 0 Å². The van der Waals surface area contributed by atoms with Crippen LogP contribution < -0.4 is 5.32 Å². The molecule has 12 heavy (non-hydrogen) atoms. The van der Waals surface area contributed by atoms with Crippen LogP contribution in [0.15, 0.2) is 18.2 Å². The molecule has 0 amide bonds. The van der Waals surface area contributed by atoms with Gasteiger partial charge in [0.2, 0.25) is 0 Å². The van der Waals surface area contributed by atoms with Gasteiger partial charge in [0.1, 0.15) is 5.82 Å². The summed E-state index contributed by atoms with van der Waals surface area (Å²) in [6.45, 7) is 4.23. The summed E-state index contributed by atoms with van der Waals surface area (Å²) < 4.78 is 12.8. The highest BCUT2D eigenvalue weighted by Gasteiger charge is 2.24. The van der Waals surface area contributed by atoms with E-state index in [-0.39, 0.29) is 5.82 Å². The van der Waals surface area contributed by atoms with Crippen molar-refractivity contribution in [2.75, 3.05) is 5.32 Å². The Morgan fingerprint density at radius 2 is 2.08 bits per heavy atom. The number of halogens is 1. The fourth-order valence-electron chi connectivity index (χ4n) is 1.68. The van der Waals surface area contributed by atoms with Crippen LogP contribution >= 0.6 is 0 Å². The summed E-state index contributed by atoms with van der Waals surface area (Å²) in [5.74, 6) is 0.271. The maximum absolute atomic E-state index is 12.8. The fraction of sp³-hybridized carbons (Fsp3) is 0.400. The van der Waals surface area contributed by atoms with Crippen molar-refractivity contribution in [3.05, 3.63) is 29.6 Å². The molecule has 0 saturated heterocycles. The quantitative estimate of drug-likeness (QED) is 0.623.